The first-order chi connectivity index (χ1) is 9.34. The number of aliphatic hydroxyl groups excluding tert-OH is 1. The van der Waals surface area contributed by atoms with E-state index < -0.39 is 10.0 Å². The van der Waals surface area contributed by atoms with E-state index in [9.17, 15) is 8.42 Å². The van der Waals surface area contributed by atoms with Crippen LogP contribution in [0.3, 0.4) is 0 Å². The zero-order valence-electron chi connectivity index (χ0n) is 12.4. The Balaban J connectivity index is 3.18. The summed E-state index contributed by atoms with van der Waals surface area (Å²) in [6, 6.07) is 3.13. The van der Waals surface area contributed by atoms with Crippen LogP contribution in [0.1, 0.15) is 30.9 Å². The lowest BCUT2D eigenvalue weighted by molar-refractivity contribution is 0.252. The highest BCUT2D eigenvalue weighted by Gasteiger charge is 2.24. The fraction of sp³-hybridized carbons (Fsp3) is 0.571. The molecule has 0 bridgehead atoms. The van der Waals surface area contributed by atoms with E-state index in [-0.39, 0.29) is 18.0 Å². The number of benzene rings is 1. The van der Waals surface area contributed by atoms with Crippen molar-refractivity contribution < 1.29 is 13.5 Å². The number of hydrogen-bond donors (Lipinski definition) is 2. The fourth-order valence-corrected chi connectivity index (χ4v) is 3.54. The molecule has 0 saturated carbocycles. The minimum absolute atomic E-state index is 0.106. The third-order valence-electron chi connectivity index (χ3n) is 3.43. The number of nitrogen functional groups attached to an aromatic ring is 1. The van der Waals surface area contributed by atoms with E-state index in [1.165, 1.54) is 10.4 Å². The fourth-order valence-electron chi connectivity index (χ4n) is 1.95. The van der Waals surface area contributed by atoms with E-state index in [4.69, 9.17) is 10.8 Å². The summed E-state index contributed by atoms with van der Waals surface area (Å²) in [6.45, 7) is 6.03. The maximum atomic E-state index is 12.6. The van der Waals surface area contributed by atoms with Crippen LogP contribution in [0, 0.1) is 13.8 Å². The lowest BCUT2D eigenvalue weighted by atomic mass is 10.1. The van der Waals surface area contributed by atoms with Crippen molar-refractivity contribution in [3.05, 3.63) is 23.3 Å². The van der Waals surface area contributed by atoms with Gasteiger partial charge in [-0.2, -0.15) is 4.31 Å². The van der Waals surface area contributed by atoms with Crippen molar-refractivity contribution in [1.29, 1.82) is 0 Å². The topological polar surface area (TPSA) is 83.6 Å². The molecule has 3 N–H and O–H groups in total. The highest BCUT2D eigenvalue weighted by Crippen LogP contribution is 2.24. The predicted octanol–water partition coefficient (Wildman–Crippen LogP) is 1.67. The highest BCUT2D eigenvalue weighted by atomic mass is 32.2. The standard InChI is InChI=1S/C14H24N2O3S/c1-4-5-6-16(7-8-17)20(18,19)13-9-11(2)12(3)14(15)10-13/h9-10,17H,4-8,15H2,1-3H3. The van der Waals surface area contributed by atoms with Crippen molar-refractivity contribution in [2.75, 3.05) is 25.4 Å². The summed E-state index contributed by atoms with van der Waals surface area (Å²) in [6.07, 6.45) is 1.66. The quantitative estimate of drug-likeness (QED) is 0.750. The van der Waals surface area contributed by atoms with Crippen LogP contribution in [0.4, 0.5) is 5.69 Å². The molecule has 0 radical (unpaired) electrons. The molecular weight excluding hydrogens is 276 g/mol. The zero-order chi connectivity index (χ0) is 15.3. The van der Waals surface area contributed by atoms with Crippen LogP contribution in [0.2, 0.25) is 0 Å². The van der Waals surface area contributed by atoms with Gasteiger partial charge in [0.15, 0.2) is 0 Å². The lowest BCUT2D eigenvalue weighted by Crippen LogP contribution is -2.34. The Bertz CT molecular complexity index is 533. The van der Waals surface area contributed by atoms with E-state index >= 15 is 0 Å². The van der Waals surface area contributed by atoms with Gasteiger partial charge < -0.3 is 10.8 Å². The summed E-state index contributed by atoms with van der Waals surface area (Å²) in [5.74, 6) is 0. The van der Waals surface area contributed by atoms with Crippen LogP contribution in [-0.4, -0.2) is 37.5 Å². The summed E-state index contributed by atoms with van der Waals surface area (Å²) in [5.41, 5.74) is 8.08. The second kappa shape index (κ2) is 7.06. The van der Waals surface area contributed by atoms with Gasteiger partial charge >= 0.3 is 0 Å². The average molecular weight is 300 g/mol. The minimum atomic E-state index is -3.60. The molecule has 0 spiro atoms. The Labute approximate surface area is 121 Å². The van der Waals surface area contributed by atoms with Crippen LogP contribution < -0.4 is 5.73 Å². The summed E-state index contributed by atoms with van der Waals surface area (Å²) in [5, 5.41) is 9.07. The number of unbranched alkanes of at least 4 members (excludes halogenated alkanes) is 1. The van der Waals surface area contributed by atoms with Crippen molar-refractivity contribution in [2.45, 2.75) is 38.5 Å². The van der Waals surface area contributed by atoms with Gasteiger partial charge in [-0.25, -0.2) is 8.42 Å². The van der Waals surface area contributed by atoms with Gasteiger partial charge in [-0.05, 0) is 43.5 Å². The normalized spacial score (nSPS) is 12.1. The van der Waals surface area contributed by atoms with Crippen molar-refractivity contribution in [3.63, 3.8) is 0 Å². The number of nitrogens with two attached hydrogens (primary N) is 1. The molecule has 0 atom stereocenters. The Hall–Kier alpha value is -1.11. The van der Waals surface area contributed by atoms with Crippen LogP contribution in [0.5, 0.6) is 0 Å². The molecule has 0 unspecified atom stereocenters. The maximum Gasteiger partial charge on any atom is 0.243 e. The SMILES string of the molecule is CCCCN(CCO)S(=O)(=O)c1cc(C)c(C)c(N)c1. The van der Waals surface area contributed by atoms with Crippen molar-refractivity contribution in [2.24, 2.45) is 0 Å². The molecular formula is C14H24N2O3S. The zero-order valence-corrected chi connectivity index (χ0v) is 13.2. The van der Waals surface area contributed by atoms with Crippen LogP contribution >= 0.6 is 0 Å². The van der Waals surface area contributed by atoms with E-state index in [1.807, 2.05) is 20.8 Å². The van der Waals surface area contributed by atoms with Crippen molar-refractivity contribution in [3.8, 4) is 0 Å². The molecule has 114 valence electrons. The molecule has 20 heavy (non-hydrogen) atoms. The largest absolute Gasteiger partial charge is 0.398 e. The summed E-state index contributed by atoms with van der Waals surface area (Å²) in [4.78, 5) is 0.197. The third kappa shape index (κ3) is 3.71. The first-order valence-corrected chi connectivity index (χ1v) is 8.26. The number of rotatable bonds is 7. The van der Waals surface area contributed by atoms with Crippen molar-refractivity contribution >= 4 is 15.7 Å². The molecule has 0 aliphatic heterocycles. The number of nitrogens with zero attached hydrogens (tertiary/aromatic N) is 1. The lowest BCUT2D eigenvalue weighted by Gasteiger charge is -2.22. The van der Waals surface area contributed by atoms with E-state index in [2.05, 4.69) is 0 Å². The van der Waals surface area contributed by atoms with Gasteiger partial charge in [-0.1, -0.05) is 13.3 Å². The Kier molecular flexibility index (Phi) is 5.98. The molecule has 1 aromatic carbocycles. The van der Waals surface area contributed by atoms with E-state index in [1.54, 1.807) is 6.07 Å². The highest BCUT2D eigenvalue weighted by molar-refractivity contribution is 7.89. The maximum absolute atomic E-state index is 12.6. The average Bonchev–Trinajstić information content (AvgIpc) is 2.39. The molecule has 0 aliphatic rings. The summed E-state index contributed by atoms with van der Waals surface area (Å²) >= 11 is 0. The minimum Gasteiger partial charge on any atom is -0.398 e. The Morgan fingerprint density at radius 3 is 2.40 bits per heavy atom. The van der Waals surface area contributed by atoms with Gasteiger partial charge in [-0.3, -0.25) is 0 Å². The van der Waals surface area contributed by atoms with Gasteiger partial charge in [0.1, 0.15) is 0 Å². The van der Waals surface area contributed by atoms with Gasteiger partial charge in [0.25, 0.3) is 0 Å². The molecule has 0 aromatic heterocycles. The molecule has 6 heteroatoms. The van der Waals surface area contributed by atoms with Gasteiger partial charge in [-0.15, -0.1) is 0 Å². The van der Waals surface area contributed by atoms with Gasteiger partial charge in [0.05, 0.1) is 11.5 Å². The molecule has 1 rings (SSSR count). The predicted molar refractivity (Wildman–Crippen MR) is 81.1 cm³/mol. The van der Waals surface area contributed by atoms with Crippen LogP contribution in [0.15, 0.2) is 17.0 Å². The molecule has 1 aromatic rings. The summed E-state index contributed by atoms with van der Waals surface area (Å²) in [7, 11) is -3.60. The Morgan fingerprint density at radius 1 is 1.25 bits per heavy atom. The number of hydrogen-bond acceptors (Lipinski definition) is 4. The molecule has 0 aliphatic carbocycles. The molecule has 0 heterocycles. The molecule has 0 fully saturated rings. The number of aliphatic hydroxyl groups is 1. The summed E-state index contributed by atoms with van der Waals surface area (Å²) < 4.78 is 26.5. The third-order valence-corrected chi connectivity index (χ3v) is 5.31. The first-order valence-electron chi connectivity index (χ1n) is 6.82. The first kappa shape index (κ1) is 16.9. The van der Waals surface area contributed by atoms with Crippen LogP contribution in [-0.2, 0) is 10.0 Å². The molecule has 0 saturated heterocycles. The second-order valence-electron chi connectivity index (χ2n) is 4.94. The van der Waals surface area contributed by atoms with Gasteiger partial charge in [0.2, 0.25) is 10.0 Å². The number of aryl methyl sites for hydroxylation is 1. The van der Waals surface area contributed by atoms with E-state index in [0.717, 1.165) is 24.0 Å². The smallest absolute Gasteiger partial charge is 0.243 e. The van der Waals surface area contributed by atoms with Crippen LogP contribution in [0.25, 0.3) is 0 Å². The van der Waals surface area contributed by atoms with E-state index in [0.29, 0.717) is 12.2 Å². The number of anilines is 1. The second-order valence-corrected chi connectivity index (χ2v) is 6.87. The molecule has 0 amide bonds. The number of sulfonamides is 1. The molecule has 5 nitrogen and oxygen atoms in total. The van der Waals surface area contributed by atoms with Crippen molar-refractivity contribution in [1.82, 2.24) is 4.31 Å². The monoisotopic (exact) mass is 300 g/mol. The van der Waals surface area contributed by atoms with Gasteiger partial charge in [0, 0.05) is 18.8 Å². The Morgan fingerprint density at radius 2 is 1.90 bits per heavy atom.